The lowest BCUT2D eigenvalue weighted by Crippen LogP contribution is -2.33. The van der Waals surface area contributed by atoms with Crippen molar-refractivity contribution in [2.24, 2.45) is 0 Å². The number of hydrogen-bond acceptors (Lipinski definition) is 5. The van der Waals surface area contributed by atoms with Crippen LogP contribution >= 0.6 is 0 Å². The lowest BCUT2D eigenvalue weighted by Gasteiger charge is -2.26. The summed E-state index contributed by atoms with van der Waals surface area (Å²) in [5, 5.41) is 10.6. The zero-order valence-corrected chi connectivity index (χ0v) is 17.8. The van der Waals surface area contributed by atoms with Crippen molar-refractivity contribution in [3.8, 4) is 5.75 Å². The SMILES string of the molecule is CCCOc1cccc(C2C(C(=O)/C=C/c3ccccc3)=C(O)C(=O)N2CCOC)c1. The number of nitrogens with zero attached hydrogens (tertiary/aromatic N) is 1. The Labute approximate surface area is 182 Å². The smallest absolute Gasteiger partial charge is 0.290 e. The molecule has 1 aliphatic heterocycles. The van der Waals surface area contributed by atoms with Crippen LogP contribution in [0.3, 0.4) is 0 Å². The topological polar surface area (TPSA) is 76.1 Å². The number of carbonyl (C=O) groups is 2. The first-order valence-corrected chi connectivity index (χ1v) is 10.3. The van der Waals surface area contributed by atoms with Crippen molar-refractivity contribution in [1.82, 2.24) is 4.90 Å². The van der Waals surface area contributed by atoms with E-state index in [-0.39, 0.29) is 18.7 Å². The number of ether oxygens (including phenoxy) is 2. The third-order valence-corrected chi connectivity index (χ3v) is 4.98. The monoisotopic (exact) mass is 421 g/mol. The zero-order valence-electron chi connectivity index (χ0n) is 17.8. The van der Waals surface area contributed by atoms with Crippen molar-refractivity contribution in [3.05, 3.63) is 83.1 Å². The summed E-state index contributed by atoms with van der Waals surface area (Å²) in [6, 6.07) is 15.9. The molecule has 0 aliphatic carbocycles. The minimum absolute atomic E-state index is 0.0564. The predicted molar refractivity (Wildman–Crippen MR) is 119 cm³/mol. The summed E-state index contributed by atoms with van der Waals surface area (Å²) in [6.45, 7) is 3.10. The number of amides is 1. The summed E-state index contributed by atoms with van der Waals surface area (Å²) < 4.78 is 10.9. The van der Waals surface area contributed by atoms with Gasteiger partial charge in [0.15, 0.2) is 11.5 Å². The molecule has 0 saturated heterocycles. The van der Waals surface area contributed by atoms with E-state index in [4.69, 9.17) is 9.47 Å². The molecule has 1 atom stereocenters. The van der Waals surface area contributed by atoms with Crippen molar-refractivity contribution in [2.75, 3.05) is 26.9 Å². The maximum absolute atomic E-state index is 13.1. The number of aliphatic hydroxyl groups is 1. The second-order valence-corrected chi connectivity index (χ2v) is 7.19. The summed E-state index contributed by atoms with van der Waals surface area (Å²) in [4.78, 5) is 27.3. The Hall–Kier alpha value is -3.38. The van der Waals surface area contributed by atoms with Crippen molar-refractivity contribution in [2.45, 2.75) is 19.4 Å². The number of methoxy groups -OCH3 is 1. The van der Waals surface area contributed by atoms with Gasteiger partial charge in [0, 0.05) is 13.7 Å². The Bertz CT molecular complexity index is 980. The van der Waals surface area contributed by atoms with Crippen LogP contribution in [0.2, 0.25) is 0 Å². The van der Waals surface area contributed by atoms with E-state index in [1.807, 2.05) is 55.5 Å². The molecular formula is C25H27NO5. The predicted octanol–water partition coefficient (Wildman–Crippen LogP) is 4.10. The van der Waals surface area contributed by atoms with Gasteiger partial charge in [-0.2, -0.15) is 0 Å². The van der Waals surface area contributed by atoms with Crippen molar-refractivity contribution in [1.29, 1.82) is 0 Å². The minimum Gasteiger partial charge on any atom is -0.503 e. The van der Waals surface area contributed by atoms with Crippen LogP contribution in [0.5, 0.6) is 5.75 Å². The fraction of sp³-hybridized carbons (Fsp3) is 0.280. The van der Waals surface area contributed by atoms with E-state index >= 15 is 0 Å². The minimum atomic E-state index is -0.722. The quantitative estimate of drug-likeness (QED) is 0.585. The molecule has 1 heterocycles. The fourth-order valence-electron chi connectivity index (χ4n) is 3.49. The second kappa shape index (κ2) is 10.6. The number of ketones is 1. The van der Waals surface area contributed by atoms with Gasteiger partial charge in [0.2, 0.25) is 0 Å². The molecule has 6 nitrogen and oxygen atoms in total. The fourth-order valence-corrected chi connectivity index (χ4v) is 3.49. The number of carbonyl (C=O) groups excluding carboxylic acids is 2. The Balaban J connectivity index is 1.97. The van der Waals surface area contributed by atoms with Crippen molar-refractivity contribution >= 4 is 17.8 Å². The van der Waals surface area contributed by atoms with Gasteiger partial charge in [-0.3, -0.25) is 9.59 Å². The van der Waals surface area contributed by atoms with Gasteiger partial charge < -0.3 is 19.5 Å². The summed E-state index contributed by atoms with van der Waals surface area (Å²) in [6.07, 6.45) is 3.92. The average Bonchev–Trinajstić information content (AvgIpc) is 3.05. The van der Waals surface area contributed by atoms with Crippen LogP contribution in [0, 0.1) is 0 Å². The molecule has 1 amide bonds. The maximum atomic E-state index is 13.1. The van der Waals surface area contributed by atoms with E-state index in [1.54, 1.807) is 12.1 Å². The first kappa shape index (κ1) is 22.3. The third-order valence-electron chi connectivity index (χ3n) is 4.98. The highest BCUT2D eigenvalue weighted by molar-refractivity contribution is 6.14. The number of rotatable bonds is 10. The number of hydrogen-bond donors (Lipinski definition) is 1. The van der Waals surface area contributed by atoms with E-state index in [0.29, 0.717) is 17.9 Å². The lowest BCUT2D eigenvalue weighted by molar-refractivity contribution is -0.130. The highest BCUT2D eigenvalue weighted by atomic mass is 16.5. The summed E-state index contributed by atoms with van der Waals surface area (Å²) >= 11 is 0. The summed E-state index contributed by atoms with van der Waals surface area (Å²) in [5.74, 6) is -0.877. The Morgan fingerprint density at radius 2 is 1.90 bits per heavy atom. The van der Waals surface area contributed by atoms with Crippen LogP contribution in [0.4, 0.5) is 0 Å². The van der Waals surface area contributed by atoms with Gasteiger partial charge in [-0.05, 0) is 35.8 Å². The molecule has 0 saturated carbocycles. The number of aliphatic hydroxyl groups excluding tert-OH is 1. The third kappa shape index (κ3) is 5.22. The van der Waals surface area contributed by atoms with Gasteiger partial charge >= 0.3 is 0 Å². The first-order chi connectivity index (χ1) is 15.1. The Kier molecular flexibility index (Phi) is 7.62. The van der Waals surface area contributed by atoms with Gasteiger partial charge in [0.05, 0.1) is 24.8 Å². The number of benzene rings is 2. The van der Waals surface area contributed by atoms with E-state index in [9.17, 15) is 14.7 Å². The lowest BCUT2D eigenvalue weighted by atomic mass is 9.95. The molecule has 1 N–H and O–H groups in total. The summed E-state index contributed by atoms with van der Waals surface area (Å²) in [7, 11) is 1.54. The average molecular weight is 421 g/mol. The molecule has 0 bridgehead atoms. The molecule has 0 aromatic heterocycles. The van der Waals surface area contributed by atoms with Crippen LogP contribution < -0.4 is 4.74 Å². The van der Waals surface area contributed by atoms with Crippen LogP contribution in [-0.4, -0.2) is 48.6 Å². The molecule has 0 radical (unpaired) electrons. The molecule has 1 unspecified atom stereocenters. The zero-order chi connectivity index (χ0) is 22.2. The van der Waals surface area contributed by atoms with E-state index in [1.165, 1.54) is 18.1 Å². The maximum Gasteiger partial charge on any atom is 0.290 e. The molecule has 1 aliphatic rings. The molecule has 31 heavy (non-hydrogen) atoms. The van der Waals surface area contributed by atoms with E-state index in [0.717, 1.165) is 12.0 Å². The normalized spacial score (nSPS) is 16.4. The highest BCUT2D eigenvalue weighted by Gasteiger charge is 2.42. The van der Waals surface area contributed by atoms with Gasteiger partial charge in [0.1, 0.15) is 5.75 Å². The van der Waals surface area contributed by atoms with Gasteiger partial charge in [-0.15, -0.1) is 0 Å². The van der Waals surface area contributed by atoms with Crippen molar-refractivity contribution < 1.29 is 24.2 Å². The van der Waals surface area contributed by atoms with Crippen molar-refractivity contribution in [3.63, 3.8) is 0 Å². The van der Waals surface area contributed by atoms with E-state index < -0.39 is 23.5 Å². The largest absolute Gasteiger partial charge is 0.503 e. The van der Waals surface area contributed by atoms with Crippen LogP contribution in [0.1, 0.15) is 30.5 Å². The molecule has 6 heteroatoms. The van der Waals surface area contributed by atoms with Crippen LogP contribution in [0.25, 0.3) is 6.08 Å². The molecule has 2 aromatic carbocycles. The molecule has 3 rings (SSSR count). The van der Waals surface area contributed by atoms with Crippen LogP contribution in [0.15, 0.2) is 72.0 Å². The standard InChI is InChI=1S/C25H27NO5/c1-3-15-31-20-11-7-10-19(17-20)23-22(24(28)25(29)26(23)14-16-30-2)21(27)13-12-18-8-5-4-6-9-18/h4-13,17,23,28H,3,14-16H2,1-2H3/b13-12+. The molecule has 0 spiro atoms. The van der Waals surface area contributed by atoms with Gasteiger partial charge in [0.25, 0.3) is 5.91 Å². The Morgan fingerprint density at radius 3 is 2.61 bits per heavy atom. The van der Waals surface area contributed by atoms with Gasteiger partial charge in [-0.1, -0.05) is 55.5 Å². The van der Waals surface area contributed by atoms with E-state index in [2.05, 4.69) is 0 Å². The first-order valence-electron chi connectivity index (χ1n) is 10.3. The molecular weight excluding hydrogens is 394 g/mol. The molecule has 0 fully saturated rings. The van der Waals surface area contributed by atoms with Crippen LogP contribution in [-0.2, 0) is 14.3 Å². The Morgan fingerprint density at radius 1 is 1.13 bits per heavy atom. The summed E-state index contributed by atoms with van der Waals surface area (Å²) in [5.41, 5.74) is 1.60. The number of allylic oxidation sites excluding steroid dienone is 1. The highest BCUT2D eigenvalue weighted by Crippen LogP contribution is 2.38. The molecule has 162 valence electrons. The second-order valence-electron chi connectivity index (χ2n) is 7.19. The molecule has 2 aromatic rings. The van der Waals surface area contributed by atoms with Gasteiger partial charge in [-0.25, -0.2) is 0 Å².